The van der Waals surface area contributed by atoms with Gasteiger partial charge in [-0.1, -0.05) is 12.1 Å². The minimum absolute atomic E-state index is 0.0584. The second-order valence-corrected chi connectivity index (χ2v) is 7.08. The quantitative estimate of drug-likeness (QED) is 0.467. The summed E-state index contributed by atoms with van der Waals surface area (Å²) in [6.45, 7) is 6.28. The summed E-state index contributed by atoms with van der Waals surface area (Å²) in [5, 5.41) is 3.36. The van der Waals surface area contributed by atoms with E-state index in [9.17, 15) is 4.39 Å². The number of hydrogen-bond acceptors (Lipinski definition) is 4. The number of aliphatic imine (C=N–C) groups is 1. The normalized spacial score (nSPS) is 26.4. The summed E-state index contributed by atoms with van der Waals surface area (Å²) in [4.78, 5) is 6.58. The smallest absolute Gasteiger partial charge is 0.193 e. The van der Waals surface area contributed by atoms with E-state index in [-0.39, 0.29) is 24.1 Å². The molecule has 1 N–H and O–H groups in total. The number of ether oxygens (including phenoxy) is 3. The molecule has 2 fully saturated rings. The van der Waals surface area contributed by atoms with Crippen molar-refractivity contribution in [2.45, 2.75) is 38.1 Å². The molecule has 2 aliphatic heterocycles. The fourth-order valence-corrected chi connectivity index (χ4v) is 3.54. The summed E-state index contributed by atoms with van der Waals surface area (Å²) in [6.07, 6.45) is 2.42. The Kier molecular flexibility index (Phi) is 7.43. The van der Waals surface area contributed by atoms with Crippen molar-refractivity contribution < 1.29 is 18.6 Å². The molecule has 0 saturated carbocycles. The van der Waals surface area contributed by atoms with Crippen LogP contribution in [0.3, 0.4) is 0 Å². The second-order valence-electron chi connectivity index (χ2n) is 7.08. The van der Waals surface area contributed by atoms with Crippen LogP contribution in [0.25, 0.3) is 0 Å². The van der Waals surface area contributed by atoms with Crippen LogP contribution in [-0.2, 0) is 14.2 Å². The zero-order chi connectivity index (χ0) is 19.1. The van der Waals surface area contributed by atoms with Gasteiger partial charge in [0.05, 0.1) is 32.0 Å². The molecule has 0 bridgehead atoms. The molecule has 3 rings (SSSR count). The number of nitrogens with zero attached hydrogens (tertiary/aromatic N) is 2. The molecule has 2 heterocycles. The molecular formula is C20H30FN3O3. The molecule has 2 aliphatic rings. The Morgan fingerprint density at radius 1 is 1.33 bits per heavy atom. The number of rotatable bonds is 6. The maximum atomic E-state index is 13.2. The van der Waals surface area contributed by atoms with E-state index < -0.39 is 0 Å². The third-order valence-electron chi connectivity index (χ3n) is 4.87. The highest BCUT2D eigenvalue weighted by Gasteiger charge is 2.28. The number of halogens is 1. The molecule has 1 aromatic rings. The van der Waals surface area contributed by atoms with E-state index >= 15 is 0 Å². The van der Waals surface area contributed by atoms with Crippen LogP contribution in [0, 0.1) is 5.82 Å². The van der Waals surface area contributed by atoms with E-state index in [1.807, 2.05) is 6.92 Å². The summed E-state index contributed by atoms with van der Waals surface area (Å²) < 4.78 is 30.5. The number of hydrogen-bond donors (Lipinski definition) is 1. The molecule has 0 aromatic heterocycles. The van der Waals surface area contributed by atoms with E-state index in [1.165, 1.54) is 12.1 Å². The van der Waals surface area contributed by atoms with E-state index in [1.54, 1.807) is 19.2 Å². The van der Waals surface area contributed by atoms with Crippen molar-refractivity contribution in [1.29, 1.82) is 0 Å². The first-order chi connectivity index (χ1) is 13.2. The topological polar surface area (TPSA) is 55.3 Å². The first kappa shape index (κ1) is 20.0. The summed E-state index contributed by atoms with van der Waals surface area (Å²) in [5.74, 6) is 0.595. The fraction of sp³-hybridized carbons (Fsp3) is 0.650. The van der Waals surface area contributed by atoms with Gasteiger partial charge in [0.1, 0.15) is 11.9 Å². The van der Waals surface area contributed by atoms with Crippen LogP contribution in [0.2, 0.25) is 0 Å². The Hall–Kier alpha value is -1.70. The summed E-state index contributed by atoms with van der Waals surface area (Å²) in [7, 11) is 1.78. The molecule has 6 nitrogen and oxygen atoms in total. The summed E-state index contributed by atoms with van der Waals surface area (Å²) in [6, 6.07) is 6.51. The number of morpholine rings is 1. The van der Waals surface area contributed by atoms with Crippen LogP contribution in [0.5, 0.6) is 0 Å². The number of benzene rings is 1. The van der Waals surface area contributed by atoms with E-state index in [0.717, 1.165) is 37.5 Å². The lowest BCUT2D eigenvalue weighted by atomic mass is 10.1. The van der Waals surface area contributed by atoms with Crippen LogP contribution in [0.15, 0.2) is 29.3 Å². The van der Waals surface area contributed by atoms with Crippen LogP contribution in [-0.4, -0.2) is 69.6 Å². The largest absolute Gasteiger partial charge is 0.377 e. The standard InChI is InChI=1S/C20H30FN3O3/c1-15-12-24(13-19(27-15)16-5-7-17(21)8-6-16)20(22-2)23-9-11-25-14-18-4-3-10-26-18/h5-8,15,18-19H,3-4,9-14H2,1-2H3,(H,22,23). The lowest BCUT2D eigenvalue weighted by Crippen LogP contribution is -2.51. The van der Waals surface area contributed by atoms with Crippen molar-refractivity contribution in [2.75, 3.05) is 46.5 Å². The van der Waals surface area contributed by atoms with Gasteiger partial charge in [-0.25, -0.2) is 4.39 Å². The predicted octanol–water partition coefficient (Wildman–Crippen LogP) is 2.36. The molecule has 0 amide bonds. The van der Waals surface area contributed by atoms with Gasteiger partial charge >= 0.3 is 0 Å². The van der Waals surface area contributed by atoms with Gasteiger partial charge in [-0.3, -0.25) is 4.99 Å². The molecule has 27 heavy (non-hydrogen) atoms. The molecule has 2 saturated heterocycles. The maximum Gasteiger partial charge on any atom is 0.193 e. The highest BCUT2D eigenvalue weighted by atomic mass is 19.1. The van der Waals surface area contributed by atoms with E-state index in [0.29, 0.717) is 26.3 Å². The molecule has 3 unspecified atom stereocenters. The Morgan fingerprint density at radius 3 is 2.85 bits per heavy atom. The average molecular weight is 379 g/mol. The Balaban J connectivity index is 1.47. The van der Waals surface area contributed by atoms with Crippen LogP contribution in [0.1, 0.15) is 31.4 Å². The molecule has 7 heteroatoms. The molecular weight excluding hydrogens is 349 g/mol. The Bertz CT molecular complexity index is 605. The predicted molar refractivity (Wildman–Crippen MR) is 102 cm³/mol. The first-order valence-corrected chi connectivity index (χ1v) is 9.71. The zero-order valence-corrected chi connectivity index (χ0v) is 16.2. The first-order valence-electron chi connectivity index (χ1n) is 9.71. The molecule has 1 aromatic carbocycles. The number of guanidine groups is 1. The molecule has 0 aliphatic carbocycles. The SMILES string of the molecule is CN=C(NCCOCC1CCCO1)N1CC(C)OC(c2ccc(F)cc2)C1. The fourth-order valence-electron chi connectivity index (χ4n) is 3.54. The van der Waals surface area contributed by atoms with E-state index in [4.69, 9.17) is 14.2 Å². The summed E-state index contributed by atoms with van der Waals surface area (Å²) >= 11 is 0. The Morgan fingerprint density at radius 2 is 2.15 bits per heavy atom. The molecule has 0 spiro atoms. The highest BCUT2D eigenvalue weighted by Crippen LogP contribution is 2.25. The second kappa shape index (κ2) is 10.0. The van der Waals surface area contributed by atoms with Crippen LogP contribution in [0.4, 0.5) is 4.39 Å². The minimum Gasteiger partial charge on any atom is -0.377 e. The van der Waals surface area contributed by atoms with Crippen molar-refractivity contribution in [2.24, 2.45) is 4.99 Å². The Labute approximate surface area is 160 Å². The van der Waals surface area contributed by atoms with Gasteiger partial charge in [-0.15, -0.1) is 0 Å². The van der Waals surface area contributed by atoms with Crippen molar-refractivity contribution in [3.8, 4) is 0 Å². The number of nitrogens with one attached hydrogen (secondary N) is 1. The van der Waals surface area contributed by atoms with Gasteiger partial charge in [0.2, 0.25) is 0 Å². The van der Waals surface area contributed by atoms with Gasteiger partial charge in [0, 0.05) is 26.7 Å². The summed E-state index contributed by atoms with van der Waals surface area (Å²) in [5.41, 5.74) is 0.975. The molecule has 150 valence electrons. The van der Waals surface area contributed by atoms with Gasteiger partial charge in [-0.2, -0.15) is 0 Å². The van der Waals surface area contributed by atoms with E-state index in [2.05, 4.69) is 15.2 Å². The van der Waals surface area contributed by atoms with Gasteiger partial charge in [0.15, 0.2) is 5.96 Å². The molecule has 0 radical (unpaired) electrons. The minimum atomic E-state index is -0.236. The van der Waals surface area contributed by atoms with Gasteiger partial charge in [0.25, 0.3) is 0 Å². The highest BCUT2D eigenvalue weighted by molar-refractivity contribution is 5.80. The zero-order valence-electron chi connectivity index (χ0n) is 16.2. The van der Waals surface area contributed by atoms with Crippen LogP contribution < -0.4 is 5.32 Å². The lowest BCUT2D eigenvalue weighted by molar-refractivity contribution is -0.0606. The monoisotopic (exact) mass is 379 g/mol. The van der Waals surface area contributed by atoms with Gasteiger partial charge in [-0.05, 0) is 37.5 Å². The van der Waals surface area contributed by atoms with Crippen molar-refractivity contribution >= 4 is 5.96 Å². The van der Waals surface area contributed by atoms with Crippen molar-refractivity contribution in [1.82, 2.24) is 10.2 Å². The van der Waals surface area contributed by atoms with Gasteiger partial charge < -0.3 is 24.4 Å². The average Bonchev–Trinajstić information content (AvgIpc) is 3.18. The van der Waals surface area contributed by atoms with Crippen LogP contribution >= 0.6 is 0 Å². The maximum absolute atomic E-state index is 13.2. The molecule has 3 atom stereocenters. The van der Waals surface area contributed by atoms with Crippen molar-refractivity contribution in [3.05, 3.63) is 35.6 Å². The third kappa shape index (κ3) is 5.89. The lowest BCUT2D eigenvalue weighted by Gasteiger charge is -2.38. The third-order valence-corrected chi connectivity index (χ3v) is 4.87. The van der Waals surface area contributed by atoms with Crippen molar-refractivity contribution in [3.63, 3.8) is 0 Å².